The van der Waals surface area contributed by atoms with Crippen molar-refractivity contribution < 1.29 is 22.7 Å². The minimum absolute atomic E-state index is 0.00413. The minimum Gasteiger partial charge on any atom is -0.482 e. The van der Waals surface area contributed by atoms with Crippen LogP contribution in [0, 0.1) is 0 Å². The SMILES string of the molecule is CC(CC(=O)Nc1ccccc1OCC(F)(F)F)c1ccccc1. The second-order valence-corrected chi connectivity index (χ2v) is 5.46. The number of benzene rings is 2. The van der Waals surface area contributed by atoms with Gasteiger partial charge in [-0.3, -0.25) is 4.79 Å². The van der Waals surface area contributed by atoms with Crippen LogP contribution in [0.4, 0.5) is 18.9 Å². The van der Waals surface area contributed by atoms with E-state index >= 15 is 0 Å². The molecular weight excluding hydrogens is 319 g/mol. The lowest BCUT2D eigenvalue weighted by Crippen LogP contribution is -2.20. The number of halogens is 3. The molecule has 0 heterocycles. The molecule has 2 rings (SSSR count). The summed E-state index contributed by atoms with van der Waals surface area (Å²) in [4.78, 5) is 12.2. The van der Waals surface area contributed by atoms with E-state index < -0.39 is 12.8 Å². The van der Waals surface area contributed by atoms with E-state index in [1.54, 1.807) is 12.1 Å². The van der Waals surface area contributed by atoms with Gasteiger partial charge in [0, 0.05) is 6.42 Å². The van der Waals surface area contributed by atoms with Crippen molar-refractivity contribution in [3.63, 3.8) is 0 Å². The van der Waals surface area contributed by atoms with Crippen molar-refractivity contribution in [2.75, 3.05) is 11.9 Å². The third-order valence-corrected chi connectivity index (χ3v) is 3.41. The quantitative estimate of drug-likeness (QED) is 0.825. The first-order valence-electron chi connectivity index (χ1n) is 7.48. The van der Waals surface area contributed by atoms with E-state index in [-0.39, 0.29) is 29.7 Å². The number of nitrogens with one attached hydrogen (secondary N) is 1. The van der Waals surface area contributed by atoms with E-state index in [2.05, 4.69) is 5.32 Å². The van der Waals surface area contributed by atoms with Gasteiger partial charge < -0.3 is 10.1 Å². The topological polar surface area (TPSA) is 38.3 Å². The molecule has 24 heavy (non-hydrogen) atoms. The van der Waals surface area contributed by atoms with Crippen LogP contribution in [0.3, 0.4) is 0 Å². The van der Waals surface area contributed by atoms with Crippen LogP contribution in [-0.4, -0.2) is 18.7 Å². The Hall–Kier alpha value is -2.50. The normalized spacial score (nSPS) is 12.5. The number of carbonyl (C=O) groups is 1. The van der Waals surface area contributed by atoms with Crippen LogP contribution in [0.15, 0.2) is 54.6 Å². The molecule has 0 aliphatic carbocycles. The zero-order valence-corrected chi connectivity index (χ0v) is 13.1. The van der Waals surface area contributed by atoms with Crippen LogP contribution in [0.5, 0.6) is 5.75 Å². The maximum absolute atomic E-state index is 12.3. The Kier molecular flexibility index (Phi) is 5.84. The van der Waals surface area contributed by atoms with Crippen molar-refractivity contribution in [2.24, 2.45) is 0 Å². The molecule has 2 aromatic carbocycles. The summed E-state index contributed by atoms with van der Waals surface area (Å²) in [6, 6.07) is 15.6. The molecule has 1 unspecified atom stereocenters. The Morgan fingerprint density at radius 2 is 1.71 bits per heavy atom. The van der Waals surface area contributed by atoms with E-state index in [0.717, 1.165) is 5.56 Å². The predicted octanol–water partition coefficient (Wildman–Crippen LogP) is 4.76. The highest BCUT2D eigenvalue weighted by Gasteiger charge is 2.28. The Bertz CT molecular complexity index is 671. The second-order valence-electron chi connectivity index (χ2n) is 5.46. The summed E-state index contributed by atoms with van der Waals surface area (Å²) in [7, 11) is 0. The summed E-state index contributed by atoms with van der Waals surface area (Å²) >= 11 is 0. The molecule has 1 atom stereocenters. The molecule has 6 heteroatoms. The zero-order valence-electron chi connectivity index (χ0n) is 13.1. The number of hydrogen-bond donors (Lipinski definition) is 1. The van der Waals surface area contributed by atoms with Gasteiger partial charge in [0.15, 0.2) is 6.61 Å². The highest BCUT2D eigenvalue weighted by atomic mass is 19.4. The third-order valence-electron chi connectivity index (χ3n) is 3.41. The Labute approximate surface area is 138 Å². The molecule has 0 aromatic heterocycles. The van der Waals surface area contributed by atoms with Crippen molar-refractivity contribution in [1.29, 1.82) is 0 Å². The summed E-state index contributed by atoms with van der Waals surface area (Å²) in [6.45, 7) is 0.515. The van der Waals surface area contributed by atoms with Gasteiger partial charge in [-0.05, 0) is 23.6 Å². The summed E-state index contributed by atoms with van der Waals surface area (Å²) in [5.74, 6) is -0.292. The molecule has 0 spiro atoms. The first-order chi connectivity index (χ1) is 11.3. The molecule has 2 aromatic rings. The van der Waals surface area contributed by atoms with Crippen molar-refractivity contribution in [3.8, 4) is 5.75 Å². The first-order valence-corrected chi connectivity index (χ1v) is 7.48. The maximum atomic E-state index is 12.3. The molecule has 0 saturated heterocycles. The molecule has 0 bridgehead atoms. The van der Waals surface area contributed by atoms with Crippen LogP contribution >= 0.6 is 0 Å². The number of hydrogen-bond acceptors (Lipinski definition) is 2. The molecule has 0 saturated carbocycles. The molecule has 128 valence electrons. The molecular formula is C18H18F3NO2. The van der Waals surface area contributed by atoms with Crippen molar-refractivity contribution in [3.05, 3.63) is 60.2 Å². The molecule has 0 aliphatic heterocycles. The first kappa shape index (κ1) is 17.8. The van der Waals surface area contributed by atoms with Gasteiger partial charge in [-0.15, -0.1) is 0 Å². The lowest BCUT2D eigenvalue weighted by Gasteiger charge is -2.15. The summed E-state index contributed by atoms with van der Waals surface area (Å²) in [6.07, 6.45) is -4.21. The number of carbonyl (C=O) groups excluding carboxylic acids is 1. The fourth-order valence-electron chi connectivity index (χ4n) is 2.23. The summed E-state index contributed by atoms with van der Waals surface area (Å²) in [5, 5.41) is 2.62. The average Bonchev–Trinajstić information content (AvgIpc) is 2.54. The average molecular weight is 337 g/mol. The lowest BCUT2D eigenvalue weighted by molar-refractivity contribution is -0.153. The number of ether oxygens (including phenoxy) is 1. The third kappa shape index (κ3) is 5.61. The highest BCUT2D eigenvalue weighted by molar-refractivity contribution is 5.92. The molecule has 0 aliphatic rings. The van der Waals surface area contributed by atoms with E-state index in [1.165, 1.54) is 12.1 Å². The van der Waals surface area contributed by atoms with E-state index in [1.807, 2.05) is 37.3 Å². The molecule has 3 nitrogen and oxygen atoms in total. The molecule has 1 amide bonds. The van der Waals surface area contributed by atoms with Gasteiger partial charge in [-0.1, -0.05) is 49.4 Å². The number of anilines is 1. The smallest absolute Gasteiger partial charge is 0.422 e. The van der Waals surface area contributed by atoms with E-state index in [4.69, 9.17) is 4.74 Å². The zero-order chi connectivity index (χ0) is 17.6. The minimum atomic E-state index is -4.43. The molecule has 0 fully saturated rings. The van der Waals surface area contributed by atoms with Crippen LogP contribution in [0.1, 0.15) is 24.8 Å². The fraction of sp³-hybridized carbons (Fsp3) is 0.278. The summed E-state index contributed by atoms with van der Waals surface area (Å²) in [5.41, 5.74) is 1.25. The standard InChI is InChI=1S/C18H18F3NO2/c1-13(14-7-3-2-4-8-14)11-17(23)22-15-9-5-6-10-16(15)24-12-18(19,20)21/h2-10,13H,11-12H2,1H3,(H,22,23). The van der Waals surface area contributed by atoms with Gasteiger partial charge in [0.25, 0.3) is 0 Å². The Morgan fingerprint density at radius 3 is 2.38 bits per heavy atom. The van der Waals surface area contributed by atoms with Crippen molar-refractivity contribution >= 4 is 11.6 Å². The van der Waals surface area contributed by atoms with Crippen LogP contribution in [0.25, 0.3) is 0 Å². The highest BCUT2D eigenvalue weighted by Crippen LogP contribution is 2.27. The maximum Gasteiger partial charge on any atom is 0.422 e. The Morgan fingerprint density at radius 1 is 1.08 bits per heavy atom. The van der Waals surface area contributed by atoms with Gasteiger partial charge >= 0.3 is 6.18 Å². The summed E-state index contributed by atoms with van der Waals surface area (Å²) < 4.78 is 41.6. The van der Waals surface area contributed by atoms with Gasteiger partial charge in [-0.2, -0.15) is 13.2 Å². The van der Waals surface area contributed by atoms with Crippen LogP contribution < -0.4 is 10.1 Å². The van der Waals surface area contributed by atoms with Crippen molar-refractivity contribution in [1.82, 2.24) is 0 Å². The van der Waals surface area contributed by atoms with Gasteiger partial charge in [0.1, 0.15) is 5.75 Å². The van der Waals surface area contributed by atoms with E-state index in [0.29, 0.717) is 0 Å². The number of amides is 1. The monoisotopic (exact) mass is 337 g/mol. The molecule has 0 radical (unpaired) electrons. The van der Waals surface area contributed by atoms with Crippen LogP contribution in [0.2, 0.25) is 0 Å². The van der Waals surface area contributed by atoms with Gasteiger partial charge in [0.2, 0.25) is 5.91 Å². The Balaban J connectivity index is 1.99. The lowest BCUT2D eigenvalue weighted by atomic mass is 9.97. The number of alkyl halides is 3. The predicted molar refractivity (Wildman–Crippen MR) is 86.1 cm³/mol. The van der Waals surface area contributed by atoms with Crippen molar-refractivity contribution in [2.45, 2.75) is 25.4 Å². The number of para-hydroxylation sites is 2. The fourth-order valence-corrected chi connectivity index (χ4v) is 2.23. The largest absolute Gasteiger partial charge is 0.482 e. The van der Waals surface area contributed by atoms with E-state index in [9.17, 15) is 18.0 Å². The molecule has 1 N–H and O–H groups in total. The van der Waals surface area contributed by atoms with Gasteiger partial charge in [0.05, 0.1) is 5.69 Å². The van der Waals surface area contributed by atoms with Crippen LogP contribution in [-0.2, 0) is 4.79 Å². The number of rotatable bonds is 6. The van der Waals surface area contributed by atoms with Gasteiger partial charge in [-0.25, -0.2) is 0 Å². The second kappa shape index (κ2) is 7.86.